The Hall–Kier alpha value is -1.68. The molecular weight excluding hydrogens is 264 g/mol. The quantitative estimate of drug-likeness (QED) is 0.848. The number of hydrogen-bond donors (Lipinski definition) is 1. The Labute approximate surface area is 125 Å². The molecule has 4 nitrogen and oxygen atoms in total. The minimum atomic E-state index is -0.595. The van der Waals surface area contributed by atoms with Crippen LogP contribution in [0.3, 0.4) is 0 Å². The molecule has 0 bridgehead atoms. The molecule has 4 heteroatoms. The molecule has 0 aromatic heterocycles. The highest BCUT2D eigenvalue weighted by molar-refractivity contribution is 5.78. The van der Waals surface area contributed by atoms with Crippen LogP contribution in [-0.2, 0) is 15.3 Å². The second kappa shape index (κ2) is 5.26. The van der Waals surface area contributed by atoms with Crippen molar-refractivity contribution in [3.63, 3.8) is 0 Å². The Balaban J connectivity index is 2.14. The van der Waals surface area contributed by atoms with E-state index in [1.165, 1.54) is 0 Å². The lowest BCUT2D eigenvalue weighted by atomic mass is 9.90. The van der Waals surface area contributed by atoms with Crippen LogP contribution in [0.25, 0.3) is 0 Å². The van der Waals surface area contributed by atoms with E-state index >= 15 is 0 Å². The SMILES string of the molecule is C[N+]1(C2(c3ccccc3)CCCCC(=O)N2)CCCC1=O. The lowest BCUT2D eigenvalue weighted by Crippen LogP contribution is -2.68. The van der Waals surface area contributed by atoms with Crippen molar-refractivity contribution in [1.82, 2.24) is 5.32 Å². The molecule has 0 spiro atoms. The van der Waals surface area contributed by atoms with E-state index in [1.807, 2.05) is 37.4 Å². The molecule has 0 saturated carbocycles. The molecule has 2 aliphatic rings. The summed E-state index contributed by atoms with van der Waals surface area (Å²) in [5, 5.41) is 3.23. The zero-order valence-electron chi connectivity index (χ0n) is 12.6. The van der Waals surface area contributed by atoms with E-state index in [0.717, 1.165) is 37.8 Å². The second-order valence-corrected chi connectivity index (χ2v) is 6.39. The summed E-state index contributed by atoms with van der Waals surface area (Å²) in [4.78, 5) is 24.9. The van der Waals surface area contributed by atoms with Crippen LogP contribution in [0.15, 0.2) is 30.3 Å². The second-order valence-electron chi connectivity index (χ2n) is 6.39. The van der Waals surface area contributed by atoms with Gasteiger partial charge in [0, 0.05) is 24.8 Å². The fraction of sp³-hybridized carbons (Fsp3) is 0.529. The fourth-order valence-electron chi connectivity index (χ4n) is 3.93. The van der Waals surface area contributed by atoms with Crippen molar-refractivity contribution < 1.29 is 14.1 Å². The topological polar surface area (TPSA) is 46.2 Å². The predicted molar refractivity (Wildman–Crippen MR) is 80.0 cm³/mol. The molecular formula is C17H23N2O2+. The van der Waals surface area contributed by atoms with Gasteiger partial charge in [0.2, 0.25) is 11.6 Å². The highest BCUT2D eigenvalue weighted by Gasteiger charge is 2.57. The van der Waals surface area contributed by atoms with Gasteiger partial charge in [0.1, 0.15) is 0 Å². The van der Waals surface area contributed by atoms with Gasteiger partial charge in [-0.25, -0.2) is 9.28 Å². The van der Waals surface area contributed by atoms with Crippen molar-refractivity contribution in [3.8, 4) is 0 Å². The van der Waals surface area contributed by atoms with E-state index in [0.29, 0.717) is 17.3 Å². The molecule has 1 aromatic carbocycles. The van der Waals surface area contributed by atoms with Crippen LogP contribution in [0.5, 0.6) is 0 Å². The summed E-state index contributed by atoms with van der Waals surface area (Å²) in [6, 6.07) is 10.0. The maximum atomic E-state index is 12.6. The van der Waals surface area contributed by atoms with Crippen molar-refractivity contribution in [2.24, 2.45) is 0 Å². The van der Waals surface area contributed by atoms with Gasteiger partial charge in [-0.1, -0.05) is 30.3 Å². The van der Waals surface area contributed by atoms with Crippen molar-refractivity contribution >= 4 is 11.8 Å². The van der Waals surface area contributed by atoms with Crippen molar-refractivity contribution in [3.05, 3.63) is 35.9 Å². The molecule has 1 aromatic rings. The summed E-state index contributed by atoms with van der Waals surface area (Å²) in [5.74, 6) is 0.302. The number of benzene rings is 1. The average Bonchev–Trinajstić information content (AvgIpc) is 2.72. The van der Waals surface area contributed by atoms with Gasteiger partial charge in [0.05, 0.1) is 20.0 Å². The number of hydrogen-bond acceptors (Lipinski definition) is 2. The first-order chi connectivity index (χ1) is 10.1. The van der Waals surface area contributed by atoms with Gasteiger partial charge in [0.25, 0.3) is 0 Å². The Kier molecular flexibility index (Phi) is 3.57. The zero-order chi connectivity index (χ0) is 14.9. The number of likely N-dealkylation sites (tertiary alicyclic amines) is 1. The number of carbonyl (C=O) groups excluding carboxylic acids is 2. The minimum Gasteiger partial charge on any atom is -0.300 e. The minimum absolute atomic E-state index is 0.0652. The van der Waals surface area contributed by atoms with Gasteiger partial charge >= 0.3 is 5.91 Å². The molecule has 0 radical (unpaired) electrons. The summed E-state index contributed by atoms with van der Waals surface area (Å²) in [5.41, 5.74) is 0.459. The Morgan fingerprint density at radius 1 is 1.05 bits per heavy atom. The molecule has 0 aliphatic carbocycles. The first-order valence-electron chi connectivity index (χ1n) is 7.84. The Morgan fingerprint density at radius 2 is 1.81 bits per heavy atom. The van der Waals surface area contributed by atoms with E-state index < -0.39 is 5.66 Å². The van der Waals surface area contributed by atoms with Crippen molar-refractivity contribution in [1.29, 1.82) is 0 Å². The van der Waals surface area contributed by atoms with Gasteiger partial charge in [0.15, 0.2) is 0 Å². The number of carbonyl (C=O) groups is 2. The van der Waals surface area contributed by atoms with Gasteiger partial charge in [-0.3, -0.25) is 10.1 Å². The summed E-state index contributed by atoms with van der Waals surface area (Å²) in [6.07, 6.45) is 4.76. The Morgan fingerprint density at radius 3 is 2.48 bits per heavy atom. The molecule has 1 N–H and O–H groups in total. The third kappa shape index (κ3) is 2.18. The largest absolute Gasteiger partial charge is 0.315 e. The molecule has 2 unspecified atom stereocenters. The molecule has 112 valence electrons. The van der Waals surface area contributed by atoms with Crippen LogP contribution in [0, 0.1) is 0 Å². The molecule has 2 fully saturated rings. The first kappa shape index (κ1) is 14.3. The van der Waals surface area contributed by atoms with E-state index in [1.54, 1.807) is 0 Å². The van der Waals surface area contributed by atoms with Crippen LogP contribution in [-0.4, -0.2) is 29.9 Å². The third-order valence-corrected chi connectivity index (χ3v) is 5.18. The van der Waals surface area contributed by atoms with Crippen molar-refractivity contribution in [2.75, 3.05) is 13.6 Å². The van der Waals surface area contributed by atoms with Gasteiger partial charge in [-0.2, -0.15) is 0 Å². The summed E-state index contributed by atoms with van der Waals surface area (Å²) in [7, 11) is 1.99. The molecule has 3 rings (SSSR count). The summed E-state index contributed by atoms with van der Waals surface area (Å²) in [6.45, 7) is 0.800. The zero-order valence-corrected chi connectivity index (χ0v) is 12.6. The normalized spacial score (nSPS) is 33.6. The number of rotatable bonds is 2. The number of quaternary nitrogens is 1. The van der Waals surface area contributed by atoms with Crippen LogP contribution in [0.2, 0.25) is 0 Å². The van der Waals surface area contributed by atoms with Crippen LogP contribution in [0.4, 0.5) is 0 Å². The first-order valence-corrected chi connectivity index (χ1v) is 7.84. The van der Waals surface area contributed by atoms with E-state index in [2.05, 4.69) is 5.32 Å². The molecule has 2 aliphatic heterocycles. The van der Waals surface area contributed by atoms with E-state index in [-0.39, 0.29) is 11.8 Å². The lowest BCUT2D eigenvalue weighted by molar-refractivity contribution is -0.893. The molecule has 2 saturated heterocycles. The van der Waals surface area contributed by atoms with Crippen LogP contribution in [0.1, 0.15) is 44.1 Å². The molecule has 21 heavy (non-hydrogen) atoms. The Bertz CT molecular complexity index is 557. The highest BCUT2D eigenvalue weighted by atomic mass is 16.2. The number of amides is 2. The molecule has 2 atom stereocenters. The summed E-state index contributed by atoms with van der Waals surface area (Å²) < 4.78 is 0.308. The van der Waals surface area contributed by atoms with E-state index in [9.17, 15) is 9.59 Å². The standard InChI is InChI=1S/C17H22N2O2/c1-19(13-7-11-16(19)21)17(14-8-3-2-4-9-14)12-6-5-10-15(20)18-17/h2-4,8-9H,5-7,10-13H2,1H3/p+1. The maximum absolute atomic E-state index is 12.6. The van der Waals surface area contributed by atoms with Crippen LogP contribution < -0.4 is 5.32 Å². The van der Waals surface area contributed by atoms with Gasteiger partial charge in [-0.05, 0) is 12.8 Å². The molecule has 2 amide bonds. The van der Waals surface area contributed by atoms with Gasteiger partial charge in [-0.15, -0.1) is 0 Å². The predicted octanol–water partition coefficient (Wildman–Crippen LogP) is 2.30. The monoisotopic (exact) mass is 287 g/mol. The van der Waals surface area contributed by atoms with Gasteiger partial charge < -0.3 is 0 Å². The van der Waals surface area contributed by atoms with E-state index in [4.69, 9.17) is 0 Å². The maximum Gasteiger partial charge on any atom is 0.315 e. The van der Waals surface area contributed by atoms with Crippen molar-refractivity contribution in [2.45, 2.75) is 44.2 Å². The lowest BCUT2D eigenvalue weighted by Gasteiger charge is -2.46. The number of nitrogens with one attached hydrogen (secondary N) is 1. The average molecular weight is 287 g/mol. The number of nitrogens with zero attached hydrogens (tertiary/aromatic N) is 1. The highest BCUT2D eigenvalue weighted by Crippen LogP contribution is 2.41. The fourth-order valence-corrected chi connectivity index (χ4v) is 3.93. The van der Waals surface area contributed by atoms with Crippen LogP contribution >= 0.6 is 0 Å². The third-order valence-electron chi connectivity index (χ3n) is 5.18. The summed E-state index contributed by atoms with van der Waals surface area (Å²) >= 11 is 0. The smallest absolute Gasteiger partial charge is 0.300 e. The molecule has 2 heterocycles.